The largest absolute Gasteiger partial charge is 0.493 e. The molecule has 0 spiro atoms. The first-order valence-electron chi connectivity index (χ1n) is 11.5. The number of hydrogen-bond acceptors (Lipinski definition) is 7. The summed E-state index contributed by atoms with van der Waals surface area (Å²) in [5.74, 6) is -0.790. The molecule has 0 aliphatic carbocycles. The molecule has 0 saturated carbocycles. The molecule has 12 heteroatoms. The number of fused-ring (bicyclic) bond motifs is 1. The van der Waals surface area contributed by atoms with Gasteiger partial charge in [0.1, 0.15) is 5.75 Å². The van der Waals surface area contributed by atoms with Crippen LogP contribution in [0.2, 0.25) is 0 Å². The van der Waals surface area contributed by atoms with Crippen molar-refractivity contribution in [3.63, 3.8) is 0 Å². The number of nitro groups is 2. The zero-order valence-electron chi connectivity index (χ0n) is 20.2. The zero-order valence-corrected chi connectivity index (χ0v) is 22.4. The molecule has 0 amide bonds. The molecular weight excluding hydrogens is 571 g/mol. The van der Waals surface area contributed by atoms with Crippen molar-refractivity contribution in [3.8, 4) is 16.9 Å². The smallest absolute Gasteiger partial charge is 0.359 e. The van der Waals surface area contributed by atoms with Crippen LogP contribution in [0, 0.1) is 20.2 Å². The average Bonchev–Trinajstić information content (AvgIpc) is 2.90. The molecule has 200 valence electrons. The topological polar surface area (TPSA) is 122 Å². The third-order valence-electron chi connectivity index (χ3n) is 5.87. The summed E-state index contributed by atoms with van der Waals surface area (Å²) in [5, 5.41) is 26.1. The van der Waals surface area contributed by atoms with Gasteiger partial charge in [-0.1, -0.05) is 95.5 Å². The molecule has 0 aliphatic rings. The van der Waals surface area contributed by atoms with Gasteiger partial charge >= 0.3 is 5.97 Å². The minimum atomic E-state index is -2.54. The second-order valence-corrected chi connectivity index (χ2v) is 10.5. The lowest BCUT2D eigenvalue weighted by molar-refractivity contribution is -0.395. The summed E-state index contributed by atoms with van der Waals surface area (Å²) in [6, 6.07) is 20.6. The van der Waals surface area contributed by atoms with Gasteiger partial charge in [0, 0.05) is 11.5 Å². The molecule has 4 rings (SSSR count). The van der Waals surface area contributed by atoms with Crippen LogP contribution in [-0.4, -0.2) is 26.2 Å². The second-order valence-electron chi connectivity index (χ2n) is 8.19. The zero-order chi connectivity index (χ0) is 28.3. The van der Waals surface area contributed by atoms with Crippen molar-refractivity contribution in [3.05, 3.63) is 110 Å². The number of carbonyl (C=O) groups excluding carboxylic acids is 1. The highest BCUT2D eigenvalue weighted by Crippen LogP contribution is 2.47. The Morgan fingerprint density at radius 1 is 0.846 bits per heavy atom. The third kappa shape index (κ3) is 5.75. The van der Waals surface area contributed by atoms with E-state index in [4.69, 9.17) is 44.3 Å². The van der Waals surface area contributed by atoms with E-state index in [1.165, 1.54) is 18.2 Å². The number of carbonyl (C=O) groups is 1. The minimum absolute atomic E-state index is 0.0608. The summed E-state index contributed by atoms with van der Waals surface area (Å²) in [7, 11) is 0. The van der Waals surface area contributed by atoms with Crippen molar-refractivity contribution < 1.29 is 24.1 Å². The van der Waals surface area contributed by atoms with Crippen LogP contribution in [0.25, 0.3) is 21.9 Å². The maximum absolute atomic E-state index is 12.7. The van der Waals surface area contributed by atoms with Gasteiger partial charge in [-0.05, 0) is 35.6 Å². The molecule has 4 aromatic carbocycles. The number of esters is 1. The summed E-state index contributed by atoms with van der Waals surface area (Å²) in [5.41, 5.74) is -1.09. The maximum atomic E-state index is 12.7. The van der Waals surface area contributed by atoms with Crippen LogP contribution in [0.15, 0.2) is 78.9 Å². The Morgan fingerprint density at radius 3 is 2.13 bits per heavy atom. The van der Waals surface area contributed by atoms with E-state index in [0.717, 1.165) is 6.07 Å². The highest BCUT2D eigenvalue weighted by Gasteiger charge is 2.41. The fourth-order valence-electron chi connectivity index (χ4n) is 4.32. The Kier molecular flexibility index (Phi) is 8.25. The summed E-state index contributed by atoms with van der Waals surface area (Å²) in [4.78, 5) is 35.9. The van der Waals surface area contributed by atoms with Crippen LogP contribution in [-0.2, 0) is 9.53 Å². The molecule has 1 unspecified atom stereocenters. The molecule has 9 nitrogen and oxygen atoms in total. The standard InChI is InChI=1S/C27H19Cl3N2O7/c1-2-38-22-13-7-11-17-18(10-6-12-19(17)22)20-14-15-21(31(34)35)23(24(20)32(36)37)25(16-8-4-3-5-9-16)39-26(33)27(28,29)30/h3-15,25H,2H2,1H3. The molecular formula is C27H19Cl3N2O7. The molecule has 0 aromatic heterocycles. The summed E-state index contributed by atoms with van der Waals surface area (Å²) >= 11 is 17.2. The number of halogens is 3. The van der Waals surface area contributed by atoms with Gasteiger partial charge in [0.2, 0.25) is 0 Å². The number of hydrogen-bond donors (Lipinski definition) is 0. The van der Waals surface area contributed by atoms with E-state index in [2.05, 4.69) is 0 Å². The van der Waals surface area contributed by atoms with Gasteiger partial charge in [0.25, 0.3) is 15.2 Å². The molecule has 0 saturated heterocycles. The second kappa shape index (κ2) is 11.4. The molecule has 0 bridgehead atoms. The monoisotopic (exact) mass is 588 g/mol. The van der Waals surface area contributed by atoms with E-state index in [1.54, 1.807) is 54.6 Å². The maximum Gasteiger partial charge on any atom is 0.359 e. The lowest BCUT2D eigenvalue weighted by Gasteiger charge is -2.22. The third-order valence-corrected chi connectivity index (χ3v) is 6.33. The highest BCUT2D eigenvalue weighted by molar-refractivity contribution is 6.75. The van der Waals surface area contributed by atoms with Crippen molar-refractivity contribution in [2.45, 2.75) is 16.8 Å². The van der Waals surface area contributed by atoms with Crippen LogP contribution < -0.4 is 4.74 Å². The molecule has 0 radical (unpaired) electrons. The predicted octanol–water partition coefficient (Wildman–Crippen LogP) is 7.72. The lowest BCUT2D eigenvalue weighted by Crippen LogP contribution is -2.25. The number of nitro benzene ring substituents is 2. The van der Waals surface area contributed by atoms with Crippen LogP contribution in [0.4, 0.5) is 11.4 Å². The first-order chi connectivity index (χ1) is 18.5. The Hall–Kier alpha value is -3.92. The van der Waals surface area contributed by atoms with Crippen molar-refractivity contribution in [1.29, 1.82) is 0 Å². The molecule has 0 fully saturated rings. The van der Waals surface area contributed by atoms with Gasteiger partial charge in [0.15, 0.2) is 11.7 Å². The van der Waals surface area contributed by atoms with Gasteiger partial charge < -0.3 is 9.47 Å². The van der Waals surface area contributed by atoms with E-state index in [-0.39, 0.29) is 11.1 Å². The van der Waals surface area contributed by atoms with E-state index in [1.807, 2.05) is 6.92 Å². The molecule has 0 heterocycles. The van der Waals surface area contributed by atoms with E-state index >= 15 is 0 Å². The first-order valence-corrected chi connectivity index (χ1v) is 12.6. The molecule has 0 aliphatic heterocycles. The van der Waals surface area contributed by atoms with Crippen LogP contribution in [0.5, 0.6) is 5.75 Å². The first kappa shape index (κ1) is 28.1. The number of benzene rings is 4. The van der Waals surface area contributed by atoms with Crippen LogP contribution >= 0.6 is 34.8 Å². The van der Waals surface area contributed by atoms with Crippen molar-refractivity contribution in [2.75, 3.05) is 6.61 Å². The minimum Gasteiger partial charge on any atom is -0.493 e. The SMILES string of the molecule is CCOc1cccc2c(-c3ccc([N+](=O)[O-])c(C(OC(=O)C(Cl)(Cl)Cl)c4ccccc4)c3[N+](=O)[O-])cccc12. The Morgan fingerprint density at radius 2 is 1.51 bits per heavy atom. The molecule has 4 aromatic rings. The lowest BCUT2D eigenvalue weighted by atomic mass is 9.90. The number of rotatable bonds is 8. The fraction of sp³-hybridized carbons (Fsp3) is 0.148. The Bertz CT molecular complexity index is 1570. The summed E-state index contributed by atoms with van der Waals surface area (Å²) in [6.07, 6.45) is -1.65. The summed E-state index contributed by atoms with van der Waals surface area (Å²) in [6.45, 7) is 2.23. The van der Waals surface area contributed by atoms with E-state index < -0.39 is 42.7 Å². The number of nitrogens with zero attached hydrogens (tertiary/aromatic N) is 2. The quantitative estimate of drug-likeness (QED) is 0.0892. The van der Waals surface area contributed by atoms with Gasteiger partial charge in [0.05, 0.1) is 22.0 Å². The molecule has 1 atom stereocenters. The van der Waals surface area contributed by atoms with Gasteiger partial charge in [-0.2, -0.15) is 0 Å². The van der Waals surface area contributed by atoms with Gasteiger partial charge in [-0.3, -0.25) is 20.2 Å². The van der Waals surface area contributed by atoms with E-state index in [9.17, 15) is 25.0 Å². The molecule has 0 N–H and O–H groups in total. The predicted molar refractivity (Wildman–Crippen MR) is 149 cm³/mol. The Balaban J connectivity index is 2.08. The molecule has 39 heavy (non-hydrogen) atoms. The van der Waals surface area contributed by atoms with E-state index in [0.29, 0.717) is 28.7 Å². The van der Waals surface area contributed by atoms with Crippen LogP contribution in [0.3, 0.4) is 0 Å². The summed E-state index contributed by atoms with van der Waals surface area (Å²) < 4.78 is 8.61. The van der Waals surface area contributed by atoms with Crippen molar-refractivity contribution >= 4 is 62.9 Å². The van der Waals surface area contributed by atoms with Crippen LogP contribution in [0.1, 0.15) is 24.2 Å². The average molecular weight is 590 g/mol. The Labute approximate surface area is 237 Å². The normalized spacial score (nSPS) is 12.1. The fourth-order valence-corrected chi connectivity index (χ4v) is 4.46. The van der Waals surface area contributed by atoms with Gasteiger partial charge in [-0.25, -0.2) is 4.79 Å². The van der Waals surface area contributed by atoms with Crippen molar-refractivity contribution in [2.24, 2.45) is 0 Å². The van der Waals surface area contributed by atoms with Crippen molar-refractivity contribution in [1.82, 2.24) is 0 Å². The highest BCUT2D eigenvalue weighted by atomic mass is 35.6. The number of ether oxygens (including phenoxy) is 2. The number of alkyl halides is 3. The van der Waals surface area contributed by atoms with Gasteiger partial charge in [-0.15, -0.1) is 0 Å².